The molecule has 2 aliphatic rings. The molecule has 2 heterocycles. The van der Waals surface area contributed by atoms with Crippen molar-refractivity contribution in [1.82, 2.24) is 4.90 Å². The summed E-state index contributed by atoms with van der Waals surface area (Å²) < 4.78 is 15.9. The topological polar surface area (TPSA) is 68.3 Å². The molecular weight excluding hydrogens is 312 g/mol. The summed E-state index contributed by atoms with van der Waals surface area (Å²) in [6, 6.07) is 5.30. The van der Waals surface area contributed by atoms with Crippen LogP contribution in [0.1, 0.15) is 6.42 Å². The van der Waals surface area contributed by atoms with E-state index in [0.29, 0.717) is 50.0 Å². The second-order valence-electron chi connectivity index (χ2n) is 5.88. The van der Waals surface area contributed by atoms with Gasteiger partial charge in [0.25, 0.3) is 0 Å². The molecule has 2 amide bonds. The van der Waals surface area contributed by atoms with Crippen molar-refractivity contribution in [2.24, 2.45) is 5.92 Å². The number of carbonyl (C=O) groups excluding carboxylic acids is 2. The predicted octanol–water partition coefficient (Wildman–Crippen LogP) is 0.915. The molecule has 2 fully saturated rings. The molecule has 0 saturated carbocycles. The molecule has 0 aromatic heterocycles. The molecule has 130 valence electrons. The average molecular weight is 334 g/mol. The van der Waals surface area contributed by atoms with Crippen LogP contribution in [0.15, 0.2) is 18.2 Å². The maximum Gasteiger partial charge on any atom is 0.228 e. The highest BCUT2D eigenvalue weighted by Gasteiger charge is 2.38. The molecule has 7 heteroatoms. The summed E-state index contributed by atoms with van der Waals surface area (Å²) in [6.07, 6.45) is 0.219. The van der Waals surface area contributed by atoms with Crippen LogP contribution in [0.3, 0.4) is 0 Å². The third kappa shape index (κ3) is 3.17. The second-order valence-corrected chi connectivity index (χ2v) is 5.88. The summed E-state index contributed by atoms with van der Waals surface area (Å²) in [5.41, 5.74) is 0.638. The van der Waals surface area contributed by atoms with Gasteiger partial charge in [0.15, 0.2) is 0 Å². The van der Waals surface area contributed by atoms with Crippen molar-refractivity contribution in [2.45, 2.75) is 6.42 Å². The van der Waals surface area contributed by atoms with Gasteiger partial charge >= 0.3 is 0 Å². The molecule has 24 heavy (non-hydrogen) atoms. The zero-order valence-corrected chi connectivity index (χ0v) is 14.0. The fourth-order valence-corrected chi connectivity index (χ4v) is 3.16. The highest BCUT2D eigenvalue weighted by atomic mass is 16.5. The standard InChI is InChI=1S/C17H22N2O5/c1-22-13-3-4-15(23-2)14(10-13)19-11-12(9-16(19)20)17(21)18-5-7-24-8-6-18/h3-4,10,12H,5-9,11H2,1-2H3. The molecule has 1 aromatic rings. The third-order valence-corrected chi connectivity index (χ3v) is 4.47. The number of hydrogen-bond donors (Lipinski definition) is 0. The molecule has 0 bridgehead atoms. The number of nitrogens with zero attached hydrogens (tertiary/aromatic N) is 2. The number of amides is 2. The largest absolute Gasteiger partial charge is 0.497 e. The number of rotatable bonds is 4. The lowest BCUT2D eigenvalue weighted by Gasteiger charge is -2.29. The molecule has 2 aliphatic heterocycles. The van der Waals surface area contributed by atoms with Gasteiger partial charge in [-0.3, -0.25) is 9.59 Å². The zero-order valence-electron chi connectivity index (χ0n) is 14.0. The Balaban J connectivity index is 1.78. The van der Waals surface area contributed by atoms with Crippen LogP contribution in [0.4, 0.5) is 5.69 Å². The number of ether oxygens (including phenoxy) is 3. The van der Waals surface area contributed by atoms with Crippen LogP contribution in [-0.4, -0.2) is 63.8 Å². The zero-order chi connectivity index (χ0) is 17.1. The highest BCUT2D eigenvalue weighted by molar-refractivity contribution is 6.01. The number of methoxy groups -OCH3 is 2. The van der Waals surface area contributed by atoms with E-state index in [1.54, 1.807) is 42.2 Å². The lowest BCUT2D eigenvalue weighted by Crippen LogP contribution is -2.44. The molecule has 1 atom stereocenters. The van der Waals surface area contributed by atoms with Gasteiger partial charge in [-0.25, -0.2) is 0 Å². The van der Waals surface area contributed by atoms with Crippen LogP contribution in [0.2, 0.25) is 0 Å². The van der Waals surface area contributed by atoms with Gasteiger partial charge < -0.3 is 24.0 Å². The van der Waals surface area contributed by atoms with E-state index in [2.05, 4.69) is 0 Å². The summed E-state index contributed by atoms with van der Waals surface area (Å²) in [7, 11) is 3.13. The quantitative estimate of drug-likeness (QED) is 0.819. The lowest BCUT2D eigenvalue weighted by atomic mass is 10.1. The minimum Gasteiger partial charge on any atom is -0.497 e. The van der Waals surface area contributed by atoms with Crippen LogP contribution >= 0.6 is 0 Å². The monoisotopic (exact) mass is 334 g/mol. The van der Waals surface area contributed by atoms with Crippen molar-refractivity contribution in [1.29, 1.82) is 0 Å². The van der Waals surface area contributed by atoms with Gasteiger partial charge in [-0.2, -0.15) is 0 Å². The van der Waals surface area contributed by atoms with Gasteiger partial charge in [-0.1, -0.05) is 0 Å². The van der Waals surface area contributed by atoms with E-state index < -0.39 is 0 Å². The summed E-state index contributed by atoms with van der Waals surface area (Å²) >= 11 is 0. The fraction of sp³-hybridized carbons (Fsp3) is 0.529. The van der Waals surface area contributed by atoms with Gasteiger partial charge in [0.1, 0.15) is 11.5 Å². The SMILES string of the molecule is COc1ccc(OC)c(N2CC(C(=O)N3CCOCC3)CC2=O)c1. The van der Waals surface area contributed by atoms with Crippen LogP contribution in [0, 0.1) is 5.92 Å². The Kier molecular flexibility index (Phi) is 4.89. The van der Waals surface area contributed by atoms with Crippen LogP contribution in [0.5, 0.6) is 11.5 Å². The van der Waals surface area contributed by atoms with Crippen LogP contribution in [0.25, 0.3) is 0 Å². The Morgan fingerprint density at radius 3 is 2.62 bits per heavy atom. The molecule has 0 radical (unpaired) electrons. The maximum absolute atomic E-state index is 12.6. The first kappa shape index (κ1) is 16.6. The van der Waals surface area contributed by atoms with Crippen molar-refractivity contribution in [2.75, 3.05) is 52.0 Å². The minimum absolute atomic E-state index is 0.0241. The van der Waals surface area contributed by atoms with Gasteiger partial charge in [-0.05, 0) is 12.1 Å². The normalized spacial score (nSPS) is 21.1. The smallest absolute Gasteiger partial charge is 0.228 e. The minimum atomic E-state index is -0.327. The Morgan fingerprint density at radius 2 is 1.96 bits per heavy atom. The van der Waals surface area contributed by atoms with Gasteiger partial charge in [0.05, 0.1) is 39.0 Å². The van der Waals surface area contributed by atoms with E-state index in [0.717, 1.165) is 0 Å². The molecule has 0 N–H and O–H groups in total. The van der Waals surface area contributed by atoms with E-state index in [1.165, 1.54) is 0 Å². The van der Waals surface area contributed by atoms with Crippen molar-refractivity contribution < 1.29 is 23.8 Å². The van der Waals surface area contributed by atoms with E-state index in [-0.39, 0.29) is 24.2 Å². The van der Waals surface area contributed by atoms with Gasteiger partial charge in [0, 0.05) is 32.1 Å². The number of carbonyl (C=O) groups is 2. The first-order chi connectivity index (χ1) is 11.6. The summed E-state index contributed by atoms with van der Waals surface area (Å²) in [4.78, 5) is 28.5. The number of morpholine rings is 1. The van der Waals surface area contributed by atoms with Gasteiger partial charge in [0.2, 0.25) is 11.8 Å². The second kappa shape index (κ2) is 7.09. The van der Waals surface area contributed by atoms with Crippen molar-refractivity contribution in [3.8, 4) is 11.5 Å². The fourth-order valence-electron chi connectivity index (χ4n) is 3.16. The number of benzene rings is 1. The maximum atomic E-state index is 12.6. The van der Waals surface area contributed by atoms with E-state index in [9.17, 15) is 9.59 Å². The Labute approximate surface area is 141 Å². The van der Waals surface area contributed by atoms with Gasteiger partial charge in [-0.15, -0.1) is 0 Å². The first-order valence-electron chi connectivity index (χ1n) is 8.03. The first-order valence-corrected chi connectivity index (χ1v) is 8.03. The molecule has 7 nitrogen and oxygen atoms in total. The average Bonchev–Trinajstić information content (AvgIpc) is 3.02. The van der Waals surface area contributed by atoms with Crippen molar-refractivity contribution >= 4 is 17.5 Å². The predicted molar refractivity (Wildman–Crippen MR) is 87.4 cm³/mol. The van der Waals surface area contributed by atoms with E-state index in [4.69, 9.17) is 14.2 Å². The highest BCUT2D eigenvalue weighted by Crippen LogP contribution is 2.36. The number of anilines is 1. The summed E-state index contributed by atoms with van der Waals surface area (Å²) in [5.74, 6) is 0.848. The summed E-state index contributed by atoms with van der Waals surface area (Å²) in [5, 5.41) is 0. The molecule has 2 saturated heterocycles. The van der Waals surface area contributed by atoms with E-state index in [1.807, 2.05) is 0 Å². The molecule has 0 aliphatic carbocycles. The third-order valence-electron chi connectivity index (χ3n) is 4.47. The molecular formula is C17H22N2O5. The van der Waals surface area contributed by atoms with Crippen molar-refractivity contribution in [3.05, 3.63) is 18.2 Å². The van der Waals surface area contributed by atoms with Crippen LogP contribution < -0.4 is 14.4 Å². The van der Waals surface area contributed by atoms with Crippen LogP contribution in [-0.2, 0) is 14.3 Å². The summed E-state index contributed by atoms with van der Waals surface area (Å²) in [6.45, 7) is 2.65. The molecule has 3 rings (SSSR count). The molecule has 1 unspecified atom stereocenters. The molecule has 1 aromatic carbocycles. The van der Waals surface area contributed by atoms with Crippen molar-refractivity contribution in [3.63, 3.8) is 0 Å². The Hall–Kier alpha value is -2.28. The Morgan fingerprint density at radius 1 is 1.21 bits per heavy atom. The van der Waals surface area contributed by atoms with E-state index >= 15 is 0 Å². The lowest BCUT2D eigenvalue weighted by molar-refractivity contribution is -0.139. The Bertz CT molecular complexity index is 627. The number of hydrogen-bond acceptors (Lipinski definition) is 5. The molecule has 0 spiro atoms.